The zero-order valence-electron chi connectivity index (χ0n) is 10.0. The molecule has 1 rings (SSSR count). The van der Waals surface area contributed by atoms with Crippen molar-refractivity contribution in [2.45, 2.75) is 11.8 Å². The lowest BCUT2D eigenvalue weighted by molar-refractivity contribution is 0.597. The van der Waals surface area contributed by atoms with Crippen LogP contribution in [0.1, 0.15) is 5.56 Å². The predicted octanol–water partition coefficient (Wildman–Crippen LogP) is -0.130. The minimum absolute atomic E-state index is 0.0472. The highest BCUT2D eigenvalue weighted by atomic mass is 32.2. The van der Waals surface area contributed by atoms with Crippen LogP contribution in [0.25, 0.3) is 0 Å². The largest absolute Gasteiger partial charge is 0.382 e. The molecule has 0 aliphatic rings. The molecule has 0 aromatic heterocycles. The number of sulfonamides is 1. The fourth-order valence-corrected chi connectivity index (χ4v) is 2.05. The standard InChI is InChI=1S/C10H12N6O2S/c1-6-2-3-7(4-9(6)19(14,17)18)15-16-8(5-11)10(12)13/h2-4,15H,1H3,(H3,12,13)(H2,14,17,18)/b16-8+. The number of hydrogen-bond donors (Lipinski definition) is 4. The van der Waals surface area contributed by atoms with E-state index in [2.05, 4.69) is 10.5 Å². The zero-order chi connectivity index (χ0) is 14.6. The Morgan fingerprint density at radius 1 is 1.53 bits per heavy atom. The van der Waals surface area contributed by atoms with Crippen LogP contribution in [0.15, 0.2) is 28.2 Å². The summed E-state index contributed by atoms with van der Waals surface area (Å²) in [5, 5.41) is 24.4. The molecule has 0 spiro atoms. The van der Waals surface area contributed by atoms with Crippen LogP contribution in [-0.2, 0) is 10.0 Å². The highest BCUT2D eigenvalue weighted by Crippen LogP contribution is 2.18. The summed E-state index contributed by atoms with van der Waals surface area (Å²) in [5.74, 6) is -0.492. The van der Waals surface area contributed by atoms with Gasteiger partial charge in [0.05, 0.1) is 10.6 Å². The van der Waals surface area contributed by atoms with Crippen LogP contribution in [0, 0.1) is 23.7 Å². The van der Waals surface area contributed by atoms with Crippen molar-refractivity contribution in [3.05, 3.63) is 23.8 Å². The molecule has 9 heteroatoms. The average Bonchev–Trinajstić information content (AvgIpc) is 2.30. The van der Waals surface area contributed by atoms with Crippen LogP contribution in [0.4, 0.5) is 5.69 Å². The second-order valence-corrected chi connectivity index (χ2v) is 5.15. The number of nitrogens with one attached hydrogen (secondary N) is 2. The van der Waals surface area contributed by atoms with Crippen molar-refractivity contribution >= 4 is 27.3 Å². The van der Waals surface area contributed by atoms with Crippen molar-refractivity contribution in [1.29, 1.82) is 10.7 Å². The van der Waals surface area contributed by atoms with E-state index in [-0.39, 0.29) is 10.6 Å². The van der Waals surface area contributed by atoms with Crippen LogP contribution in [0.2, 0.25) is 0 Å². The molecule has 100 valence electrons. The Kier molecular flexibility index (Phi) is 4.21. The van der Waals surface area contributed by atoms with Gasteiger partial charge in [0.2, 0.25) is 15.7 Å². The van der Waals surface area contributed by atoms with Crippen LogP contribution < -0.4 is 16.3 Å². The van der Waals surface area contributed by atoms with E-state index in [1.54, 1.807) is 19.1 Å². The molecule has 0 saturated carbocycles. The summed E-state index contributed by atoms with van der Waals surface area (Å²) in [6.07, 6.45) is 0. The number of amidine groups is 1. The Morgan fingerprint density at radius 3 is 2.63 bits per heavy atom. The van der Waals surface area contributed by atoms with E-state index in [4.69, 9.17) is 21.5 Å². The summed E-state index contributed by atoms with van der Waals surface area (Å²) in [7, 11) is -3.84. The lowest BCUT2D eigenvalue weighted by Gasteiger charge is -2.06. The van der Waals surface area contributed by atoms with Gasteiger partial charge >= 0.3 is 0 Å². The third kappa shape index (κ3) is 3.77. The van der Waals surface area contributed by atoms with E-state index in [1.165, 1.54) is 12.1 Å². The monoisotopic (exact) mass is 280 g/mol. The Bertz CT molecular complexity index is 686. The molecule has 0 fully saturated rings. The Labute approximate surface area is 110 Å². The number of rotatable bonds is 4. The SMILES string of the molecule is Cc1ccc(N/N=C(\C#N)C(=N)N)cc1S(N)(=O)=O. The highest BCUT2D eigenvalue weighted by Gasteiger charge is 2.12. The van der Waals surface area contributed by atoms with Gasteiger partial charge in [0.15, 0.2) is 5.84 Å². The zero-order valence-corrected chi connectivity index (χ0v) is 10.8. The number of nitriles is 1. The van der Waals surface area contributed by atoms with Gasteiger partial charge in [-0.3, -0.25) is 10.8 Å². The van der Waals surface area contributed by atoms with Gasteiger partial charge in [-0.25, -0.2) is 13.6 Å². The van der Waals surface area contributed by atoms with E-state index in [0.717, 1.165) is 0 Å². The number of benzene rings is 1. The van der Waals surface area contributed by atoms with Gasteiger partial charge in [0, 0.05) is 0 Å². The van der Waals surface area contributed by atoms with Gasteiger partial charge in [-0.1, -0.05) is 6.07 Å². The second kappa shape index (κ2) is 5.47. The fraction of sp³-hybridized carbons (Fsp3) is 0.100. The summed E-state index contributed by atoms with van der Waals surface area (Å²) >= 11 is 0. The van der Waals surface area contributed by atoms with Crippen molar-refractivity contribution in [1.82, 2.24) is 0 Å². The van der Waals surface area contributed by atoms with Crippen molar-refractivity contribution < 1.29 is 8.42 Å². The summed E-state index contributed by atoms with van der Waals surface area (Å²) < 4.78 is 22.6. The molecule has 0 radical (unpaired) electrons. The lowest BCUT2D eigenvalue weighted by Crippen LogP contribution is -2.22. The maximum Gasteiger partial charge on any atom is 0.238 e. The first kappa shape index (κ1) is 14.6. The van der Waals surface area contributed by atoms with E-state index in [1.807, 2.05) is 0 Å². The molecule has 1 aromatic carbocycles. The number of hydrazone groups is 1. The minimum atomic E-state index is -3.84. The quantitative estimate of drug-likeness (QED) is 0.343. The van der Waals surface area contributed by atoms with E-state index in [0.29, 0.717) is 11.3 Å². The molecule has 1 aromatic rings. The number of nitrogens with zero attached hydrogens (tertiary/aromatic N) is 2. The molecule has 0 amide bonds. The molecule has 6 N–H and O–H groups in total. The van der Waals surface area contributed by atoms with E-state index < -0.39 is 15.9 Å². The van der Waals surface area contributed by atoms with Crippen LogP contribution >= 0.6 is 0 Å². The Hall–Kier alpha value is -2.44. The summed E-state index contributed by atoms with van der Waals surface area (Å²) in [5.41, 5.74) is 8.04. The molecule has 0 unspecified atom stereocenters. The normalized spacial score (nSPS) is 11.7. The molecule has 8 nitrogen and oxygen atoms in total. The third-order valence-corrected chi connectivity index (χ3v) is 3.21. The van der Waals surface area contributed by atoms with Crippen LogP contribution in [0.3, 0.4) is 0 Å². The minimum Gasteiger partial charge on any atom is -0.382 e. The van der Waals surface area contributed by atoms with Crippen LogP contribution in [0.5, 0.6) is 0 Å². The van der Waals surface area contributed by atoms with Gasteiger partial charge < -0.3 is 5.73 Å². The molecular formula is C10H12N6O2S. The van der Waals surface area contributed by atoms with Crippen LogP contribution in [-0.4, -0.2) is 20.0 Å². The molecular weight excluding hydrogens is 268 g/mol. The molecule has 0 bridgehead atoms. The molecule has 0 aliphatic carbocycles. The van der Waals surface area contributed by atoms with Gasteiger partial charge in [0.1, 0.15) is 6.07 Å². The van der Waals surface area contributed by atoms with Crippen molar-refractivity contribution in [2.24, 2.45) is 16.0 Å². The first-order chi connectivity index (χ1) is 8.75. The maximum atomic E-state index is 11.3. The molecule has 0 saturated heterocycles. The van der Waals surface area contributed by atoms with E-state index in [9.17, 15) is 8.42 Å². The average molecular weight is 280 g/mol. The van der Waals surface area contributed by atoms with Gasteiger partial charge in [-0.15, -0.1) is 0 Å². The molecule has 0 aliphatic heterocycles. The van der Waals surface area contributed by atoms with Gasteiger partial charge in [0.25, 0.3) is 0 Å². The van der Waals surface area contributed by atoms with Crippen molar-refractivity contribution in [3.8, 4) is 6.07 Å². The topological polar surface area (TPSA) is 158 Å². The highest BCUT2D eigenvalue weighted by molar-refractivity contribution is 7.89. The third-order valence-electron chi connectivity index (χ3n) is 2.15. The Morgan fingerprint density at radius 2 is 2.16 bits per heavy atom. The number of primary sulfonamides is 1. The van der Waals surface area contributed by atoms with Gasteiger partial charge in [-0.05, 0) is 24.6 Å². The number of anilines is 1. The number of nitrogens with two attached hydrogens (primary N) is 2. The molecule has 19 heavy (non-hydrogen) atoms. The summed E-state index contributed by atoms with van der Waals surface area (Å²) in [6, 6.07) is 6.00. The first-order valence-corrected chi connectivity index (χ1v) is 6.52. The fourth-order valence-electron chi connectivity index (χ4n) is 1.24. The first-order valence-electron chi connectivity index (χ1n) is 4.97. The summed E-state index contributed by atoms with van der Waals surface area (Å²) in [6.45, 7) is 1.60. The number of aryl methyl sites for hydroxylation is 1. The second-order valence-electron chi connectivity index (χ2n) is 3.62. The van der Waals surface area contributed by atoms with Crippen molar-refractivity contribution in [3.63, 3.8) is 0 Å². The van der Waals surface area contributed by atoms with Crippen molar-refractivity contribution in [2.75, 3.05) is 5.43 Å². The predicted molar refractivity (Wildman–Crippen MR) is 71.1 cm³/mol. The Balaban J connectivity index is 3.13. The molecule has 0 heterocycles. The maximum absolute atomic E-state index is 11.3. The lowest BCUT2D eigenvalue weighted by atomic mass is 10.2. The summed E-state index contributed by atoms with van der Waals surface area (Å²) in [4.78, 5) is -0.0472. The van der Waals surface area contributed by atoms with Gasteiger partial charge in [-0.2, -0.15) is 10.4 Å². The van der Waals surface area contributed by atoms with E-state index >= 15 is 0 Å². The molecule has 0 atom stereocenters. The smallest absolute Gasteiger partial charge is 0.238 e. The number of hydrogen-bond acceptors (Lipinski definition) is 6.